The van der Waals surface area contributed by atoms with Crippen LogP contribution in [0.1, 0.15) is 37.9 Å². The van der Waals surface area contributed by atoms with Crippen LogP contribution in [0.25, 0.3) is 22.3 Å². The zero-order valence-electron chi connectivity index (χ0n) is 30.3. The maximum absolute atomic E-state index is 13.4. The highest BCUT2D eigenvalue weighted by Gasteiger charge is 2.46. The minimum absolute atomic E-state index is 0.0229. The third-order valence-corrected chi connectivity index (χ3v) is 11.7. The van der Waals surface area contributed by atoms with E-state index in [0.717, 1.165) is 4.57 Å². The van der Waals surface area contributed by atoms with Crippen LogP contribution in [-0.2, 0) is 41.4 Å². The predicted octanol–water partition coefficient (Wildman–Crippen LogP) is -1.82. The lowest BCUT2D eigenvalue weighted by molar-refractivity contribution is -0.0604. The fourth-order valence-corrected chi connectivity index (χ4v) is 8.85. The summed E-state index contributed by atoms with van der Waals surface area (Å²) in [5.41, 5.74) is 16.3. The van der Waals surface area contributed by atoms with Gasteiger partial charge in [0.1, 0.15) is 66.9 Å². The second-order valence-electron chi connectivity index (χ2n) is 13.6. The largest absolute Gasteiger partial charge is 0.472 e. The van der Waals surface area contributed by atoms with Crippen LogP contribution in [0.5, 0.6) is 0 Å². The second-order valence-corrected chi connectivity index (χ2v) is 16.4. The van der Waals surface area contributed by atoms with Crippen molar-refractivity contribution in [2.75, 3.05) is 37.0 Å². The monoisotopic (exact) mass is 869 g/mol. The number of nitrogen functional groups attached to an aromatic ring is 3. The first-order valence-electron chi connectivity index (χ1n) is 17.6. The lowest BCUT2D eigenvalue weighted by Crippen LogP contribution is -2.31. The molecule has 59 heavy (non-hydrogen) atoms. The van der Waals surface area contributed by atoms with Crippen molar-refractivity contribution in [3.05, 3.63) is 52.1 Å². The van der Waals surface area contributed by atoms with Crippen LogP contribution in [0.2, 0.25) is 0 Å². The number of hydrogen-bond donors (Lipinski definition) is 8. The first kappa shape index (κ1) is 41.0. The number of phosphoric ester groups is 2. The minimum Gasteiger partial charge on any atom is -0.394 e. The summed E-state index contributed by atoms with van der Waals surface area (Å²) in [6.07, 6.45) is -5.74. The number of imidazole rings is 2. The number of hydrogen-bond acceptors (Lipinski definition) is 22. The molecule has 5 aromatic heterocycles. The van der Waals surface area contributed by atoms with Gasteiger partial charge in [-0.1, -0.05) is 0 Å². The van der Waals surface area contributed by atoms with Crippen LogP contribution in [0.3, 0.4) is 0 Å². The van der Waals surface area contributed by atoms with E-state index >= 15 is 0 Å². The van der Waals surface area contributed by atoms with E-state index in [1.807, 2.05) is 0 Å². The fraction of sp³-hybridized carbons (Fsp3) is 0.517. The topological polar surface area (TPSA) is 400 Å². The molecule has 0 bridgehead atoms. The Morgan fingerprint density at radius 1 is 0.780 bits per heavy atom. The number of nitrogens with one attached hydrogen (secondary N) is 1. The van der Waals surface area contributed by atoms with Gasteiger partial charge in [0, 0.05) is 25.5 Å². The molecular formula is C29H37N13O15P2. The molecule has 0 aliphatic carbocycles. The molecule has 11 N–H and O–H groups in total. The maximum atomic E-state index is 13.4. The standard InChI is InChI=1S/C29H37N13O15P2/c30-18-1-2-40(29(46)37-18)20-4-13(15(6-43)53-20)56-59(49,50)52-8-17-14(5-21(55-17)41-10-35-22-24(31)33-9-34-25(22)41)57-58(47,48)51-7-16-12(44)3-19(54-16)42-11-36-23-26(42)38-28(32)39-27(23)45/h1-2,9-17,19-21,43-44H,3-8H2,(H,47,48)(H,49,50)(H2,30,37,46)(H2,31,33,34)(H3,32,38,39,45). The molecule has 0 aromatic carbocycles. The summed E-state index contributed by atoms with van der Waals surface area (Å²) in [6.45, 7) is -2.06. The van der Waals surface area contributed by atoms with Gasteiger partial charge in [-0.25, -0.2) is 33.9 Å². The Morgan fingerprint density at radius 3 is 2.07 bits per heavy atom. The summed E-state index contributed by atoms with van der Waals surface area (Å²) in [6, 6.07) is 1.34. The Labute approximate surface area is 329 Å². The number of aliphatic hydroxyl groups excluding tert-OH is 2. The highest BCUT2D eigenvalue weighted by atomic mass is 31.2. The maximum Gasteiger partial charge on any atom is 0.472 e. The first-order valence-corrected chi connectivity index (χ1v) is 20.6. The van der Waals surface area contributed by atoms with Gasteiger partial charge >= 0.3 is 21.3 Å². The number of anilines is 3. The Bertz CT molecular complexity index is 2570. The van der Waals surface area contributed by atoms with Crippen LogP contribution in [0, 0.1) is 0 Å². The van der Waals surface area contributed by atoms with Gasteiger partial charge in [0.25, 0.3) is 5.56 Å². The van der Waals surface area contributed by atoms with E-state index in [2.05, 4.69) is 34.9 Å². The van der Waals surface area contributed by atoms with Gasteiger partial charge in [-0.05, 0) is 6.07 Å². The van der Waals surface area contributed by atoms with E-state index < -0.39 is 102 Å². The van der Waals surface area contributed by atoms with E-state index in [1.165, 1.54) is 40.4 Å². The molecule has 0 saturated carbocycles. The van der Waals surface area contributed by atoms with Crippen molar-refractivity contribution in [2.45, 2.75) is 74.6 Å². The molecule has 3 aliphatic heterocycles. The molecule has 28 nitrogen and oxygen atoms in total. The normalized spacial score (nSPS) is 29.3. The third-order valence-electron chi connectivity index (χ3n) is 9.71. The summed E-state index contributed by atoms with van der Waals surface area (Å²) in [5.74, 6) is -0.141. The van der Waals surface area contributed by atoms with Gasteiger partial charge < -0.3 is 51.4 Å². The van der Waals surface area contributed by atoms with E-state index in [0.29, 0.717) is 0 Å². The summed E-state index contributed by atoms with van der Waals surface area (Å²) in [5, 5.41) is 20.7. The number of nitrogens with two attached hydrogens (primary N) is 3. The van der Waals surface area contributed by atoms with Crippen molar-refractivity contribution in [3.8, 4) is 0 Å². The molecule has 0 radical (unpaired) electrons. The number of ether oxygens (including phenoxy) is 3. The Morgan fingerprint density at radius 2 is 1.37 bits per heavy atom. The fourth-order valence-electron chi connectivity index (χ4n) is 6.93. The van der Waals surface area contributed by atoms with Crippen LogP contribution in [-0.4, -0.2) is 125 Å². The van der Waals surface area contributed by atoms with E-state index in [4.69, 9.17) is 49.5 Å². The first-order chi connectivity index (χ1) is 28.1. The summed E-state index contributed by atoms with van der Waals surface area (Å²) in [4.78, 5) is 72.6. The van der Waals surface area contributed by atoms with Gasteiger partial charge in [0.2, 0.25) is 5.95 Å². The predicted molar refractivity (Wildman–Crippen MR) is 195 cm³/mol. The van der Waals surface area contributed by atoms with Gasteiger partial charge in [-0.15, -0.1) is 0 Å². The van der Waals surface area contributed by atoms with Crippen LogP contribution in [0.4, 0.5) is 17.6 Å². The smallest absolute Gasteiger partial charge is 0.394 e. The lowest BCUT2D eigenvalue weighted by atomic mass is 10.2. The van der Waals surface area contributed by atoms with Crippen molar-refractivity contribution in [1.29, 1.82) is 0 Å². The number of aliphatic hydroxyl groups is 2. The number of aromatic amines is 1. The zero-order valence-corrected chi connectivity index (χ0v) is 32.0. The minimum atomic E-state index is -5.03. The number of aromatic nitrogens is 10. The van der Waals surface area contributed by atoms with Crippen molar-refractivity contribution in [1.82, 2.24) is 48.6 Å². The van der Waals surface area contributed by atoms with Crippen LogP contribution < -0.4 is 28.5 Å². The van der Waals surface area contributed by atoms with E-state index in [-0.39, 0.29) is 59.2 Å². The second kappa shape index (κ2) is 16.0. The van der Waals surface area contributed by atoms with Gasteiger partial charge in [0.05, 0.1) is 38.6 Å². The molecule has 8 heterocycles. The van der Waals surface area contributed by atoms with Gasteiger partial charge in [0.15, 0.2) is 22.6 Å². The molecule has 11 unspecified atom stereocenters. The van der Waals surface area contributed by atoms with Crippen molar-refractivity contribution in [2.24, 2.45) is 0 Å². The average molecular weight is 870 g/mol. The zero-order chi connectivity index (χ0) is 41.8. The summed E-state index contributed by atoms with van der Waals surface area (Å²) in [7, 11) is -10.0. The molecule has 30 heteroatoms. The highest BCUT2D eigenvalue weighted by molar-refractivity contribution is 7.47. The number of rotatable bonds is 14. The number of H-pyrrole nitrogens is 1. The van der Waals surface area contributed by atoms with E-state index in [1.54, 1.807) is 0 Å². The molecule has 8 rings (SSSR count). The number of phosphoric acid groups is 2. The quantitative estimate of drug-likeness (QED) is 0.0570. The number of nitrogens with zero attached hydrogens (tertiary/aromatic N) is 9. The number of fused-ring (bicyclic) bond motifs is 2. The lowest BCUT2D eigenvalue weighted by Gasteiger charge is -2.24. The summed E-state index contributed by atoms with van der Waals surface area (Å²) < 4.78 is 69.7. The van der Waals surface area contributed by atoms with Crippen LogP contribution >= 0.6 is 15.6 Å². The molecule has 5 aromatic rings. The molecule has 318 valence electrons. The van der Waals surface area contributed by atoms with Crippen LogP contribution in [0.15, 0.2) is 40.8 Å². The molecule has 0 spiro atoms. The Hall–Kier alpha value is -4.80. The Balaban J connectivity index is 0.946. The SMILES string of the molecule is Nc1ccn(C2CC(OP(=O)(O)OCC3OC(n4cnc5c(N)ncnc54)CC3OP(=O)(O)OCC3OC(n4cnc5c(=O)[nH]c(N)nc54)CC3O)C(CO)O2)c(=O)n1. The van der Waals surface area contributed by atoms with Gasteiger partial charge in [-0.3, -0.25) is 41.6 Å². The van der Waals surface area contributed by atoms with Crippen molar-refractivity contribution < 1.29 is 61.4 Å². The van der Waals surface area contributed by atoms with Crippen molar-refractivity contribution in [3.63, 3.8) is 0 Å². The molecule has 11 atom stereocenters. The molecule has 3 aliphatic rings. The molecule has 0 amide bonds. The summed E-state index contributed by atoms with van der Waals surface area (Å²) >= 11 is 0. The third kappa shape index (κ3) is 8.49. The van der Waals surface area contributed by atoms with E-state index in [9.17, 15) is 38.7 Å². The molecule has 3 fully saturated rings. The van der Waals surface area contributed by atoms with Crippen molar-refractivity contribution >= 4 is 55.6 Å². The Kier molecular flexibility index (Phi) is 11.1. The average Bonchev–Trinajstić information content (AvgIpc) is 4.00. The molecule has 3 saturated heterocycles. The molecular weight excluding hydrogens is 832 g/mol. The van der Waals surface area contributed by atoms with Gasteiger partial charge in [-0.2, -0.15) is 9.97 Å². The highest BCUT2D eigenvalue weighted by Crippen LogP contribution is 2.52.